The molecular formula is C90H64S6. The van der Waals surface area contributed by atoms with Crippen LogP contribution < -0.4 is 0 Å². The first-order valence-electron chi connectivity index (χ1n) is 33.4. The van der Waals surface area contributed by atoms with E-state index in [1.54, 1.807) is 0 Å². The second-order valence-electron chi connectivity index (χ2n) is 27.9. The standard InChI is InChI=1S/C90H64S6/c1-49-9-25-57(26-10-49)87(58-27-11-50(2)12-28-58)69-47-67-71(45-65(69)79-75(87)83-73(93-79)41-43-91-83)89(61-33-17-53(5)18-34-61,62-35-19-54(6)20-36-62)77-81(67)95-86-78-82(96-85(77)86)68-48-70-66(46-72(68)90(78,63-37-21-55(7)22-38-63)64-39-23-56(8)24-40-64)80-76(84-74(94-80)42-44-92-84)88(70,59-29-13-51(3)14-30-59)60-31-15-52(4)16-32-60/h9-48H,1-8H3. The average molecular weight is 1340 g/mol. The largest absolute Gasteiger partial charge is 0.143 e. The van der Waals surface area contributed by atoms with E-state index in [9.17, 15) is 0 Å². The van der Waals surface area contributed by atoms with Gasteiger partial charge in [-0.25, -0.2) is 0 Å². The van der Waals surface area contributed by atoms with E-state index in [-0.39, 0.29) is 0 Å². The molecule has 16 aromatic rings. The number of rotatable bonds is 8. The van der Waals surface area contributed by atoms with Crippen molar-refractivity contribution in [3.8, 4) is 41.8 Å². The van der Waals surface area contributed by atoms with Gasteiger partial charge in [0.1, 0.15) is 0 Å². The van der Waals surface area contributed by atoms with E-state index in [1.165, 1.54) is 203 Å². The number of fused-ring (bicyclic) bond motifs is 19. The molecule has 0 saturated heterocycles. The highest BCUT2D eigenvalue weighted by Gasteiger charge is 2.58. The average Bonchev–Trinajstić information content (AvgIpc) is 1.49. The summed E-state index contributed by atoms with van der Waals surface area (Å²) in [5.41, 5.74) is 34.5. The lowest BCUT2D eigenvalue weighted by Crippen LogP contribution is -2.30. The third-order valence-electron chi connectivity index (χ3n) is 22.4. The predicted octanol–water partition coefficient (Wildman–Crippen LogP) is 25.4. The van der Waals surface area contributed by atoms with Gasteiger partial charge in [-0.1, -0.05) is 239 Å². The van der Waals surface area contributed by atoms with E-state index in [1.807, 2.05) is 45.3 Å². The summed E-state index contributed by atoms with van der Waals surface area (Å²) in [7, 11) is 0. The van der Waals surface area contributed by atoms with Crippen LogP contribution in [-0.2, 0) is 21.7 Å². The molecule has 0 N–H and O–H groups in total. The van der Waals surface area contributed by atoms with Gasteiger partial charge >= 0.3 is 0 Å². The second kappa shape index (κ2) is 20.4. The number of hydrogen-bond donors (Lipinski definition) is 0. The first kappa shape index (κ1) is 57.4. The minimum atomic E-state index is -0.699. The molecule has 0 atom stereocenters. The quantitative estimate of drug-likeness (QED) is 0.142. The lowest BCUT2D eigenvalue weighted by Gasteiger charge is -2.36. The zero-order valence-corrected chi connectivity index (χ0v) is 59.4. The van der Waals surface area contributed by atoms with Crippen LogP contribution in [0.4, 0.5) is 0 Å². The monoisotopic (exact) mass is 1340 g/mol. The van der Waals surface area contributed by atoms with Gasteiger partial charge in [-0.15, -0.1) is 68.0 Å². The van der Waals surface area contributed by atoms with Crippen LogP contribution in [0.5, 0.6) is 0 Å². The minimum Gasteiger partial charge on any atom is -0.143 e. The van der Waals surface area contributed by atoms with Gasteiger partial charge in [0.25, 0.3) is 0 Å². The van der Waals surface area contributed by atoms with Crippen LogP contribution in [0.3, 0.4) is 0 Å². The fraction of sp³-hybridized carbons (Fsp3) is 0.133. The maximum atomic E-state index is 2.73. The molecular weight excluding hydrogens is 1270 g/mol. The topological polar surface area (TPSA) is 0 Å². The molecule has 20 rings (SSSR count). The Morgan fingerprint density at radius 2 is 0.396 bits per heavy atom. The SMILES string of the molecule is Cc1ccc(C2(c3ccc(C)cc3)c3cc4c(cc3-c3sc5ccsc5c32)C(c2ccc(C)cc2)(c2ccc(C)cc2)c2c-4sc3c4c(sc23)-c2cc3c(cc2C4(c2ccc(C)cc2)c2ccc(C)cc2)-c2sc4ccsc4c2C3(c2ccc(C)cc2)c2ccc(C)cc2)cc1. The Bertz CT molecular complexity index is 5360. The molecule has 0 saturated carbocycles. The molecule has 4 aliphatic carbocycles. The van der Waals surface area contributed by atoms with E-state index in [0.717, 1.165) is 0 Å². The Kier molecular flexibility index (Phi) is 12.2. The highest BCUT2D eigenvalue weighted by Crippen LogP contribution is 2.73. The molecule has 6 heterocycles. The molecule has 0 amide bonds. The van der Waals surface area contributed by atoms with Gasteiger partial charge < -0.3 is 0 Å². The molecule has 4 aliphatic rings. The van der Waals surface area contributed by atoms with Gasteiger partial charge in [0.15, 0.2) is 0 Å². The summed E-state index contributed by atoms with van der Waals surface area (Å²) in [6.45, 7) is 17.9. The predicted molar refractivity (Wildman–Crippen MR) is 413 cm³/mol. The molecule has 0 bridgehead atoms. The number of thiophene rings is 6. The third-order valence-corrected chi connectivity index (χ3v) is 29.5. The summed E-state index contributed by atoms with van der Waals surface area (Å²) in [5, 5.41) is 4.63. The van der Waals surface area contributed by atoms with Crippen molar-refractivity contribution in [2.45, 2.75) is 77.0 Å². The fourth-order valence-corrected chi connectivity index (χ4v) is 26.1. The van der Waals surface area contributed by atoms with Gasteiger partial charge in [-0.05, 0) is 192 Å². The van der Waals surface area contributed by atoms with E-state index < -0.39 is 21.7 Å². The van der Waals surface area contributed by atoms with E-state index >= 15 is 0 Å². The Labute approximate surface area is 584 Å². The van der Waals surface area contributed by atoms with Crippen molar-refractivity contribution < 1.29 is 0 Å². The number of benzene rings is 10. The first-order valence-corrected chi connectivity index (χ1v) is 38.4. The maximum absolute atomic E-state index is 2.73. The molecule has 0 radical (unpaired) electrons. The fourth-order valence-electron chi connectivity index (χ4n) is 17.9. The van der Waals surface area contributed by atoms with Crippen molar-refractivity contribution >= 4 is 96.2 Å². The molecule has 0 spiro atoms. The highest BCUT2D eigenvalue weighted by molar-refractivity contribution is 7.32. The van der Waals surface area contributed by atoms with E-state index in [0.29, 0.717) is 0 Å². The Morgan fingerprint density at radius 3 is 0.604 bits per heavy atom. The molecule has 6 aromatic heterocycles. The first-order chi connectivity index (χ1) is 46.8. The summed E-state index contributed by atoms with van der Waals surface area (Å²) in [6, 6.07) is 92.6. The Balaban J connectivity index is 0.956. The lowest BCUT2D eigenvalue weighted by atomic mass is 9.65. The van der Waals surface area contributed by atoms with Crippen LogP contribution in [0, 0.1) is 55.4 Å². The third kappa shape index (κ3) is 7.32. The zero-order valence-electron chi connectivity index (χ0n) is 54.5. The molecule has 10 aromatic carbocycles. The summed E-state index contributed by atoms with van der Waals surface area (Å²) < 4.78 is 8.27. The van der Waals surface area contributed by atoms with Crippen LogP contribution in [0.15, 0.2) is 241 Å². The Morgan fingerprint density at radius 1 is 0.208 bits per heavy atom. The van der Waals surface area contributed by atoms with Crippen molar-refractivity contribution in [1.29, 1.82) is 0 Å². The smallest absolute Gasteiger partial charge is 0.0736 e. The van der Waals surface area contributed by atoms with Crippen LogP contribution in [0.25, 0.3) is 70.0 Å². The molecule has 0 nitrogen and oxygen atoms in total. The summed E-state index contributed by atoms with van der Waals surface area (Å²) in [4.78, 5) is 5.52. The molecule has 6 heteroatoms. The van der Waals surface area contributed by atoms with Crippen molar-refractivity contribution in [2.75, 3.05) is 0 Å². The van der Waals surface area contributed by atoms with Gasteiger partial charge in [0.2, 0.25) is 0 Å². The van der Waals surface area contributed by atoms with Crippen LogP contribution in [-0.4, -0.2) is 0 Å². The number of aryl methyl sites for hydroxylation is 8. The summed E-state index contributed by atoms with van der Waals surface area (Å²) >= 11 is 11.9. The molecule has 96 heavy (non-hydrogen) atoms. The summed E-state index contributed by atoms with van der Waals surface area (Å²) in [5.74, 6) is 0. The molecule has 0 unspecified atom stereocenters. The second-order valence-corrected chi connectivity index (χ2v) is 33.9. The molecule has 0 aliphatic heterocycles. The van der Waals surface area contributed by atoms with Gasteiger partial charge in [0, 0.05) is 51.2 Å². The lowest BCUT2D eigenvalue weighted by molar-refractivity contribution is 0.764. The van der Waals surface area contributed by atoms with E-state index in [2.05, 4.69) is 319 Å². The Hall–Kier alpha value is -8.82. The van der Waals surface area contributed by atoms with Crippen LogP contribution in [0.1, 0.15) is 134 Å². The van der Waals surface area contributed by atoms with Crippen molar-refractivity contribution in [2.24, 2.45) is 0 Å². The normalized spacial score (nSPS) is 15.2. The zero-order chi connectivity index (χ0) is 64.5. The van der Waals surface area contributed by atoms with E-state index in [4.69, 9.17) is 0 Å². The highest BCUT2D eigenvalue weighted by atomic mass is 32.1. The van der Waals surface area contributed by atoms with Crippen LogP contribution in [0.2, 0.25) is 0 Å². The van der Waals surface area contributed by atoms with Crippen LogP contribution >= 0.6 is 68.0 Å². The molecule has 0 fully saturated rings. The van der Waals surface area contributed by atoms with Crippen molar-refractivity contribution in [1.82, 2.24) is 0 Å². The van der Waals surface area contributed by atoms with Gasteiger partial charge in [-0.2, -0.15) is 0 Å². The van der Waals surface area contributed by atoms with Gasteiger partial charge in [-0.3, -0.25) is 0 Å². The minimum absolute atomic E-state index is 0.586. The van der Waals surface area contributed by atoms with Crippen molar-refractivity contribution in [3.05, 3.63) is 375 Å². The van der Waals surface area contributed by atoms with Gasteiger partial charge in [0.05, 0.1) is 40.5 Å². The maximum Gasteiger partial charge on any atom is 0.0736 e. The molecule has 460 valence electrons. The number of hydrogen-bond acceptors (Lipinski definition) is 6. The summed E-state index contributed by atoms with van der Waals surface area (Å²) in [6.07, 6.45) is 0. The van der Waals surface area contributed by atoms with Crippen molar-refractivity contribution in [3.63, 3.8) is 0 Å².